The third-order valence-electron chi connectivity index (χ3n) is 4.18. The molecule has 3 N–H and O–H groups in total. The lowest BCUT2D eigenvalue weighted by molar-refractivity contribution is -0.140. The van der Waals surface area contributed by atoms with Crippen molar-refractivity contribution in [3.63, 3.8) is 0 Å². The van der Waals surface area contributed by atoms with Crippen LogP contribution >= 0.6 is 11.3 Å². The van der Waals surface area contributed by atoms with Crippen molar-refractivity contribution in [2.75, 3.05) is 18.5 Å². The zero-order chi connectivity index (χ0) is 23.8. The summed E-state index contributed by atoms with van der Waals surface area (Å²) in [6.07, 6.45) is -3.34. The van der Waals surface area contributed by atoms with Crippen LogP contribution in [-0.4, -0.2) is 34.9 Å². The largest absolute Gasteiger partial charge is 0.491 e. The van der Waals surface area contributed by atoms with Gasteiger partial charge in [0.05, 0.1) is 18.5 Å². The topological polar surface area (TPSA) is 96.1 Å². The fourth-order valence-corrected chi connectivity index (χ4v) is 3.24. The van der Waals surface area contributed by atoms with E-state index in [2.05, 4.69) is 32.4 Å². The predicted molar refractivity (Wildman–Crippen MR) is 118 cm³/mol. The second kappa shape index (κ2) is 10.7. The van der Waals surface area contributed by atoms with Crippen molar-refractivity contribution in [1.82, 2.24) is 15.3 Å². The van der Waals surface area contributed by atoms with Crippen LogP contribution in [0.5, 0.6) is 5.75 Å². The van der Waals surface area contributed by atoms with Gasteiger partial charge in [-0.05, 0) is 36.1 Å². The van der Waals surface area contributed by atoms with Crippen LogP contribution in [-0.2, 0) is 15.8 Å². The molecule has 0 saturated carbocycles. The first-order valence-corrected chi connectivity index (χ1v) is 10.7. The Morgan fingerprint density at radius 3 is 2.76 bits per heavy atom. The van der Waals surface area contributed by atoms with Crippen molar-refractivity contribution >= 4 is 28.8 Å². The van der Waals surface area contributed by atoms with Gasteiger partial charge in [-0.3, -0.25) is 9.59 Å². The third-order valence-corrected chi connectivity index (χ3v) is 4.86. The highest BCUT2D eigenvalue weighted by Crippen LogP contribution is 2.32. The number of imidazole rings is 1. The van der Waals surface area contributed by atoms with Crippen LogP contribution in [0, 0.1) is 11.8 Å². The molecule has 0 aliphatic rings. The van der Waals surface area contributed by atoms with E-state index < -0.39 is 17.8 Å². The molecular formula is C22H19F3N4O3S. The third kappa shape index (κ3) is 7.11. The molecule has 2 amide bonds. The van der Waals surface area contributed by atoms with Gasteiger partial charge in [0.25, 0.3) is 0 Å². The van der Waals surface area contributed by atoms with Crippen molar-refractivity contribution in [3.8, 4) is 29.0 Å². The lowest BCUT2D eigenvalue weighted by Gasteiger charge is -2.13. The number of benzene rings is 1. The Hall–Kier alpha value is -3.78. The van der Waals surface area contributed by atoms with Crippen molar-refractivity contribution in [3.05, 3.63) is 52.5 Å². The molecule has 0 saturated heterocycles. The molecule has 0 fully saturated rings. The van der Waals surface area contributed by atoms with Gasteiger partial charge in [-0.1, -0.05) is 5.92 Å². The van der Waals surface area contributed by atoms with Gasteiger partial charge in [0.15, 0.2) is 0 Å². The maximum Gasteiger partial charge on any atom is 0.432 e. The zero-order valence-corrected chi connectivity index (χ0v) is 18.2. The van der Waals surface area contributed by atoms with Gasteiger partial charge >= 0.3 is 12.1 Å². The fraction of sp³-hybridized carbons (Fsp3) is 0.227. The van der Waals surface area contributed by atoms with Gasteiger partial charge in [-0.2, -0.15) is 24.5 Å². The minimum absolute atomic E-state index is 0.0145. The standard InChI is InChI=1S/C22H19F3N4O3S/c1-14(30)26-8-2-9-32-18-5-4-16(21-27-12-19(29-21)22(23,24)25)11-17(18)28-20(31)6-3-15-7-10-33-13-15/h4-5,7,10-13H,2,8-9H2,1H3,(H,26,30)(H,27,29)(H,28,31). The molecule has 0 unspecified atom stereocenters. The molecule has 0 aliphatic carbocycles. The maximum absolute atomic E-state index is 12.9. The van der Waals surface area contributed by atoms with Gasteiger partial charge < -0.3 is 20.4 Å². The van der Waals surface area contributed by atoms with Crippen LogP contribution in [0.2, 0.25) is 0 Å². The van der Waals surface area contributed by atoms with E-state index in [0.29, 0.717) is 36.0 Å². The molecular weight excluding hydrogens is 457 g/mol. The van der Waals surface area contributed by atoms with Crippen LogP contribution in [0.3, 0.4) is 0 Å². The quantitative estimate of drug-likeness (QED) is 0.354. The van der Waals surface area contributed by atoms with Crippen molar-refractivity contribution in [1.29, 1.82) is 0 Å². The summed E-state index contributed by atoms with van der Waals surface area (Å²) in [4.78, 5) is 29.3. The number of anilines is 1. The molecule has 7 nitrogen and oxygen atoms in total. The Balaban J connectivity index is 1.80. The average molecular weight is 476 g/mol. The molecule has 0 atom stereocenters. The number of carbonyl (C=O) groups is 2. The number of halogens is 3. The Kier molecular flexibility index (Phi) is 7.74. The summed E-state index contributed by atoms with van der Waals surface area (Å²) in [6.45, 7) is 2.05. The molecule has 0 aliphatic heterocycles. The van der Waals surface area contributed by atoms with Crippen LogP contribution in [0.4, 0.5) is 18.9 Å². The minimum Gasteiger partial charge on any atom is -0.491 e. The molecule has 172 valence electrons. The molecule has 2 aromatic heterocycles. The molecule has 0 spiro atoms. The molecule has 11 heteroatoms. The number of H-pyrrole nitrogens is 1. The SMILES string of the molecule is CC(=O)NCCCOc1ccc(-c2ncc(C(F)(F)F)[nH]2)cc1NC(=O)C#Cc1ccsc1. The summed E-state index contributed by atoms with van der Waals surface area (Å²) in [5, 5.41) is 8.88. The van der Waals surface area contributed by atoms with E-state index in [1.54, 1.807) is 11.4 Å². The number of rotatable bonds is 7. The molecule has 3 rings (SSSR count). The van der Waals surface area contributed by atoms with E-state index in [9.17, 15) is 22.8 Å². The first-order chi connectivity index (χ1) is 15.7. The smallest absolute Gasteiger partial charge is 0.432 e. The number of aromatic amines is 1. The van der Waals surface area contributed by atoms with Crippen LogP contribution < -0.4 is 15.4 Å². The van der Waals surface area contributed by atoms with Gasteiger partial charge in [0.1, 0.15) is 17.3 Å². The maximum atomic E-state index is 12.9. The van der Waals surface area contributed by atoms with E-state index in [4.69, 9.17) is 4.74 Å². The Labute approximate surface area is 191 Å². The summed E-state index contributed by atoms with van der Waals surface area (Å²) in [5.41, 5.74) is 0.246. The monoisotopic (exact) mass is 476 g/mol. The van der Waals surface area contributed by atoms with Crippen LogP contribution in [0.1, 0.15) is 24.6 Å². The van der Waals surface area contributed by atoms with Gasteiger partial charge in [-0.15, -0.1) is 0 Å². The number of aromatic nitrogens is 2. The van der Waals surface area contributed by atoms with Gasteiger partial charge in [0.2, 0.25) is 5.91 Å². The summed E-state index contributed by atoms with van der Waals surface area (Å²) < 4.78 is 44.4. The van der Waals surface area contributed by atoms with E-state index in [1.807, 2.05) is 5.38 Å². The predicted octanol–water partition coefficient (Wildman–Crippen LogP) is 4.05. The van der Waals surface area contributed by atoms with Crippen molar-refractivity contribution in [2.24, 2.45) is 0 Å². The highest BCUT2D eigenvalue weighted by atomic mass is 32.1. The summed E-state index contributed by atoms with van der Waals surface area (Å²) in [5.74, 6) is 4.70. The van der Waals surface area contributed by atoms with Crippen molar-refractivity contribution in [2.45, 2.75) is 19.5 Å². The molecule has 33 heavy (non-hydrogen) atoms. The molecule has 3 aromatic rings. The Morgan fingerprint density at radius 2 is 2.09 bits per heavy atom. The first kappa shape index (κ1) is 23.9. The van der Waals surface area contributed by atoms with E-state index in [-0.39, 0.29) is 24.0 Å². The van der Waals surface area contributed by atoms with E-state index in [1.165, 1.54) is 36.5 Å². The van der Waals surface area contributed by atoms with Crippen LogP contribution in [0.15, 0.2) is 41.2 Å². The number of carbonyl (C=O) groups excluding carboxylic acids is 2. The molecule has 2 heterocycles. The van der Waals surface area contributed by atoms with Gasteiger partial charge in [-0.25, -0.2) is 4.98 Å². The number of ether oxygens (including phenoxy) is 1. The summed E-state index contributed by atoms with van der Waals surface area (Å²) in [6, 6.07) is 6.26. The summed E-state index contributed by atoms with van der Waals surface area (Å²) >= 11 is 1.44. The van der Waals surface area contributed by atoms with Crippen LogP contribution in [0.25, 0.3) is 11.4 Å². The molecule has 1 aromatic carbocycles. The highest BCUT2D eigenvalue weighted by molar-refractivity contribution is 7.08. The number of hydrogen-bond acceptors (Lipinski definition) is 5. The number of nitrogens with one attached hydrogen (secondary N) is 3. The molecule has 0 radical (unpaired) electrons. The zero-order valence-electron chi connectivity index (χ0n) is 17.4. The first-order valence-electron chi connectivity index (χ1n) is 9.71. The number of hydrogen-bond donors (Lipinski definition) is 3. The number of alkyl halides is 3. The van der Waals surface area contributed by atoms with Crippen molar-refractivity contribution < 1.29 is 27.5 Å². The fourth-order valence-electron chi connectivity index (χ4n) is 2.65. The lowest BCUT2D eigenvalue weighted by Crippen LogP contribution is -2.22. The van der Waals surface area contributed by atoms with E-state index >= 15 is 0 Å². The Morgan fingerprint density at radius 1 is 1.27 bits per heavy atom. The Bertz CT molecular complexity index is 1180. The summed E-state index contributed by atoms with van der Waals surface area (Å²) in [7, 11) is 0. The highest BCUT2D eigenvalue weighted by Gasteiger charge is 2.33. The lowest BCUT2D eigenvalue weighted by atomic mass is 10.1. The number of thiophene rings is 1. The van der Waals surface area contributed by atoms with E-state index in [0.717, 1.165) is 0 Å². The second-order valence-corrected chi connectivity index (χ2v) is 7.54. The molecule has 0 bridgehead atoms. The minimum atomic E-state index is -4.56. The van der Waals surface area contributed by atoms with Gasteiger partial charge in [0, 0.05) is 35.9 Å². The second-order valence-electron chi connectivity index (χ2n) is 6.76. The number of amides is 2. The number of nitrogens with zero attached hydrogens (tertiary/aromatic N) is 1. The normalized spacial score (nSPS) is 10.8. The average Bonchev–Trinajstić information content (AvgIpc) is 3.44.